The van der Waals surface area contributed by atoms with E-state index < -0.39 is 17.6 Å². The van der Waals surface area contributed by atoms with Crippen LogP contribution in [0, 0.1) is 23.7 Å². The molecule has 5 aliphatic rings. The van der Waals surface area contributed by atoms with E-state index in [4.69, 9.17) is 14.5 Å². The van der Waals surface area contributed by atoms with Gasteiger partial charge in [-0.25, -0.2) is 14.8 Å². The van der Waals surface area contributed by atoms with E-state index in [2.05, 4.69) is 12.0 Å². The molecule has 6 heteroatoms. The highest BCUT2D eigenvalue weighted by Crippen LogP contribution is 2.60. The highest BCUT2D eigenvalue weighted by Gasteiger charge is 2.70. The number of nitrogens with zero attached hydrogens (tertiary/aromatic N) is 2. The number of hydrogen-bond acceptors (Lipinski definition) is 5. The number of amides is 1. The summed E-state index contributed by atoms with van der Waals surface area (Å²) >= 11 is 0. The highest BCUT2D eigenvalue weighted by atomic mass is 17.3. The zero-order chi connectivity index (χ0) is 17.3. The molecule has 0 aromatic carbocycles. The van der Waals surface area contributed by atoms with Crippen molar-refractivity contribution in [2.75, 3.05) is 0 Å². The first-order valence-corrected chi connectivity index (χ1v) is 9.18. The minimum absolute atomic E-state index is 0.0323. The summed E-state index contributed by atoms with van der Waals surface area (Å²) in [7, 11) is 0. The Labute approximate surface area is 143 Å². The van der Waals surface area contributed by atoms with Crippen LogP contribution in [0.3, 0.4) is 0 Å². The lowest BCUT2D eigenvalue weighted by molar-refractivity contribution is -0.548. The van der Waals surface area contributed by atoms with E-state index in [9.17, 15) is 4.79 Å². The van der Waals surface area contributed by atoms with Gasteiger partial charge in [0, 0.05) is 24.0 Å². The summed E-state index contributed by atoms with van der Waals surface area (Å²) in [6, 6.07) is 0. The molecule has 0 N–H and O–H groups in total. The summed E-state index contributed by atoms with van der Waals surface area (Å²) in [5.74, 6) is 0.0241. The van der Waals surface area contributed by atoms with E-state index in [0.29, 0.717) is 11.8 Å². The number of hydrogen-bond donors (Lipinski definition) is 0. The third-order valence-electron chi connectivity index (χ3n) is 6.55. The fourth-order valence-electron chi connectivity index (χ4n) is 5.35. The topological polar surface area (TPSA) is 60.4 Å². The molecule has 5 rings (SSSR count). The Balaban J connectivity index is 1.88. The van der Waals surface area contributed by atoms with Crippen molar-refractivity contribution in [3.8, 4) is 0 Å². The number of hydrazone groups is 1. The van der Waals surface area contributed by atoms with Crippen molar-refractivity contribution in [2.45, 2.75) is 77.9 Å². The molecule has 1 spiro atoms. The molecule has 5 fully saturated rings. The lowest BCUT2D eigenvalue weighted by Gasteiger charge is -2.60. The van der Waals surface area contributed by atoms with Crippen LogP contribution in [0.5, 0.6) is 0 Å². The normalized spacial score (nSPS) is 50.3. The van der Waals surface area contributed by atoms with Crippen LogP contribution in [0.4, 0.5) is 0 Å². The number of carbonyl (C=O) groups excluding carboxylic acids is 1. The van der Waals surface area contributed by atoms with Gasteiger partial charge >= 0.3 is 0 Å². The van der Waals surface area contributed by atoms with Crippen LogP contribution >= 0.6 is 0 Å². The van der Waals surface area contributed by atoms with Gasteiger partial charge in [-0.1, -0.05) is 13.8 Å². The predicted molar refractivity (Wildman–Crippen MR) is 87.6 cm³/mol. The number of fused-ring (bicyclic) bond motifs is 2. The summed E-state index contributed by atoms with van der Waals surface area (Å²) in [5, 5.41) is 6.08. The predicted octanol–water partition coefficient (Wildman–Crippen LogP) is 3.08. The van der Waals surface area contributed by atoms with Crippen molar-refractivity contribution >= 4 is 11.6 Å². The van der Waals surface area contributed by atoms with Crippen LogP contribution < -0.4 is 0 Å². The number of piperidine rings is 1. The van der Waals surface area contributed by atoms with Gasteiger partial charge in [0.2, 0.25) is 11.7 Å². The number of rotatable bonds is 1. The Bertz CT molecular complexity index is 590. The molecule has 6 nitrogen and oxygen atoms in total. The van der Waals surface area contributed by atoms with Crippen molar-refractivity contribution in [3.05, 3.63) is 0 Å². The molecule has 0 aromatic rings. The van der Waals surface area contributed by atoms with Gasteiger partial charge in [-0.05, 0) is 51.9 Å². The van der Waals surface area contributed by atoms with Gasteiger partial charge in [0.25, 0.3) is 0 Å². The Morgan fingerprint density at radius 2 is 1.92 bits per heavy atom. The van der Waals surface area contributed by atoms with Gasteiger partial charge in [0.15, 0.2) is 11.8 Å². The molecule has 4 aliphatic heterocycles. The van der Waals surface area contributed by atoms with E-state index in [1.54, 1.807) is 5.01 Å². The highest BCUT2D eigenvalue weighted by molar-refractivity contribution is 5.84. The minimum atomic E-state index is -0.812. The van der Waals surface area contributed by atoms with Crippen molar-refractivity contribution in [1.82, 2.24) is 5.01 Å². The molecule has 1 amide bonds. The summed E-state index contributed by atoms with van der Waals surface area (Å²) in [6.45, 7) is 9.99. The fraction of sp³-hybridized carbons (Fsp3) is 0.889. The van der Waals surface area contributed by atoms with E-state index >= 15 is 0 Å². The van der Waals surface area contributed by atoms with Crippen molar-refractivity contribution in [2.24, 2.45) is 28.8 Å². The van der Waals surface area contributed by atoms with Crippen LogP contribution in [0.25, 0.3) is 0 Å². The molecule has 1 aliphatic carbocycles. The lowest BCUT2D eigenvalue weighted by atomic mass is 9.57. The second kappa shape index (κ2) is 5.26. The Hall–Kier alpha value is -0.980. The van der Waals surface area contributed by atoms with Crippen LogP contribution in [0.2, 0.25) is 0 Å². The first-order valence-electron chi connectivity index (χ1n) is 9.18. The van der Waals surface area contributed by atoms with Gasteiger partial charge in [-0.15, -0.1) is 0 Å². The molecular weight excluding hydrogens is 308 g/mol. The lowest BCUT2D eigenvalue weighted by Crippen LogP contribution is -2.74. The summed E-state index contributed by atoms with van der Waals surface area (Å²) in [5.41, 5.74) is 0.223. The number of ether oxygens (including phenoxy) is 1. The van der Waals surface area contributed by atoms with E-state index in [1.165, 1.54) is 0 Å². The molecule has 1 saturated carbocycles. The second-order valence-electron chi connectivity index (χ2n) is 8.45. The largest absolute Gasteiger partial charge is 0.319 e. The average Bonchev–Trinajstić information content (AvgIpc) is 2.76. The third kappa shape index (κ3) is 2.06. The van der Waals surface area contributed by atoms with E-state index in [0.717, 1.165) is 31.4 Å². The molecule has 134 valence electrons. The second-order valence-corrected chi connectivity index (χ2v) is 8.45. The molecule has 4 heterocycles. The maximum Gasteiger partial charge on any atom is 0.248 e. The quantitative estimate of drug-likeness (QED) is 0.545. The molecule has 0 aromatic heterocycles. The Kier molecular flexibility index (Phi) is 3.61. The monoisotopic (exact) mass is 336 g/mol. The van der Waals surface area contributed by atoms with Gasteiger partial charge in [-0.3, -0.25) is 4.79 Å². The van der Waals surface area contributed by atoms with Crippen LogP contribution in [-0.2, 0) is 19.3 Å². The minimum Gasteiger partial charge on any atom is -0.319 e. The molecule has 0 unspecified atom stereocenters. The van der Waals surface area contributed by atoms with Crippen molar-refractivity contribution < 1.29 is 19.3 Å². The summed E-state index contributed by atoms with van der Waals surface area (Å²) in [6.07, 6.45) is 3.35. The maximum atomic E-state index is 13.0. The van der Waals surface area contributed by atoms with Crippen LogP contribution in [0.1, 0.15) is 60.3 Å². The molecular formula is C18H28N2O4. The molecule has 0 radical (unpaired) electrons. The average molecular weight is 336 g/mol. The third-order valence-corrected chi connectivity index (χ3v) is 6.55. The molecule has 7 atom stereocenters. The van der Waals surface area contributed by atoms with Gasteiger partial charge < -0.3 is 4.74 Å². The van der Waals surface area contributed by atoms with Gasteiger partial charge in [-0.2, -0.15) is 5.10 Å². The van der Waals surface area contributed by atoms with Crippen molar-refractivity contribution in [1.29, 1.82) is 0 Å². The standard InChI is InChI=1S/C18H28N2O4/c1-10(2)19-20-15(21)12(4)14-7-6-11(3)13-8-9-17(5)22-16(20)18(13,14)24-23-17/h11-14,16H,6-9H2,1-5H3/t11-,12-,13+,14+,16-,17-,18-/m1/s1. The summed E-state index contributed by atoms with van der Waals surface area (Å²) in [4.78, 5) is 25.0. The fourth-order valence-corrected chi connectivity index (χ4v) is 5.35. The van der Waals surface area contributed by atoms with Gasteiger partial charge in [0.05, 0.1) is 0 Å². The van der Waals surface area contributed by atoms with Crippen molar-refractivity contribution in [3.63, 3.8) is 0 Å². The number of carbonyl (C=O) groups is 1. The SMILES string of the molecule is CC(C)=NN1C(=O)[C@H](C)[C@@H]2CC[C@@H](C)[C@@H]3CC[C@@]4(C)OO[C@]32[C@H]1O4. The molecule has 4 saturated heterocycles. The zero-order valence-electron chi connectivity index (χ0n) is 15.2. The molecule has 24 heavy (non-hydrogen) atoms. The maximum absolute atomic E-state index is 13.0. The van der Waals surface area contributed by atoms with Crippen LogP contribution in [0.15, 0.2) is 5.10 Å². The van der Waals surface area contributed by atoms with Crippen LogP contribution in [-0.4, -0.2) is 34.2 Å². The summed E-state index contributed by atoms with van der Waals surface area (Å²) < 4.78 is 6.36. The Morgan fingerprint density at radius 1 is 1.17 bits per heavy atom. The van der Waals surface area contributed by atoms with E-state index in [1.807, 2.05) is 27.7 Å². The Morgan fingerprint density at radius 3 is 2.62 bits per heavy atom. The first kappa shape index (κ1) is 16.5. The van der Waals surface area contributed by atoms with Gasteiger partial charge in [0.1, 0.15) is 0 Å². The van der Waals surface area contributed by atoms with E-state index in [-0.39, 0.29) is 17.7 Å². The molecule has 2 bridgehead atoms. The first-order chi connectivity index (χ1) is 11.3. The zero-order valence-corrected chi connectivity index (χ0v) is 15.2. The smallest absolute Gasteiger partial charge is 0.248 e.